The number of amides is 1. The van der Waals surface area contributed by atoms with Gasteiger partial charge in [0, 0.05) is 25.9 Å². The molecule has 1 saturated heterocycles. The van der Waals surface area contributed by atoms with Gasteiger partial charge in [0.05, 0.1) is 43.6 Å². The first-order valence-electron chi connectivity index (χ1n) is 12.0. The molecule has 3 aliphatic heterocycles. The number of aliphatic imine (C=N–C) groups is 1. The van der Waals surface area contributed by atoms with E-state index in [1.807, 2.05) is 22.1 Å². The molecule has 9 heteroatoms. The molecule has 0 N–H and O–H groups in total. The minimum atomic E-state index is -0.433. The monoisotopic (exact) mass is 499 g/mol. The number of ether oxygens (including phenoxy) is 3. The minimum absolute atomic E-state index is 0.0470. The molecular formula is C26H33N3O5S. The lowest BCUT2D eigenvalue weighted by atomic mass is 9.92. The summed E-state index contributed by atoms with van der Waals surface area (Å²) in [5.41, 5.74) is 4.11. The number of thioether (sulfide) groups is 1. The number of fused-ring (bicyclic) bond motifs is 1. The highest BCUT2D eigenvalue weighted by Gasteiger charge is 2.41. The highest BCUT2D eigenvalue weighted by molar-refractivity contribution is 8.16. The molecule has 3 heterocycles. The zero-order valence-electron chi connectivity index (χ0n) is 20.8. The Morgan fingerprint density at radius 1 is 1.17 bits per heavy atom. The number of nitrogens with zero attached hydrogens (tertiary/aromatic N) is 3. The Kier molecular flexibility index (Phi) is 8.30. The number of morpholine rings is 1. The summed E-state index contributed by atoms with van der Waals surface area (Å²) in [4.78, 5) is 34.9. The van der Waals surface area contributed by atoms with Gasteiger partial charge < -0.3 is 24.0 Å². The van der Waals surface area contributed by atoms with Crippen LogP contribution in [0.3, 0.4) is 0 Å². The van der Waals surface area contributed by atoms with Crippen LogP contribution in [0, 0.1) is 0 Å². The fourth-order valence-electron chi connectivity index (χ4n) is 4.38. The summed E-state index contributed by atoms with van der Waals surface area (Å²) in [7, 11) is 1.57. The molecule has 0 aliphatic carbocycles. The van der Waals surface area contributed by atoms with Crippen LogP contribution in [-0.4, -0.2) is 73.5 Å². The summed E-state index contributed by atoms with van der Waals surface area (Å²) >= 11 is 1.48. The van der Waals surface area contributed by atoms with Crippen LogP contribution >= 0.6 is 11.8 Å². The number of carbonyl (C=O) groups is 2. The lowest BCUT2D eigenvalue weighted by molar-refractivity contribution is -0.141. The Morgan fingerprint density at radius 2 is 1.89 bits per heavy atom. The average molecular weight is 500 g/mol. The van der Waals surface area contributed by atoms with Gasteiger partial charge in [0.25, 0.3) is 0 Å². The number of amidine groups is 1. The van der Waals surface area contributed by atoms with E-state index < -0.39 is 12.0 Å². The van der Waals surface area contributed by atoms with Crippen LogP contribution in [0.15, 0.2) is 51.6 Å². The molecule has 0 aromatic heterocycles. The number of hydrogen-bond donors (Lipinski definition) is 0. The van der Waals surface area contributed by atoms with Crippen LogP contribution in [0.1, 0.15) is 50.3 Å². The second-order valence-electron chi connectivity index (χ2n) is 9.01. The summed E-state index contributed by atoms with van der Waals surface area (Å²) < 4.78 is 16.0. The fourth-order valence-corrected chi connectivity index (χ4v) is 5.35. The Balaban J connectivity index is 1.67. The molecule has 1 aromatic rings. The van der Waals surface area contributed by atoms with Crippen molar-refractivity contribution in [2.45, 2.75) is 39.2 Å². The normalized spacial score (nSPS) is 20.1. The van der Waals surface area contributed by atoms with Gasteiger partial charge in [-0.05, 0) is 29.4 Å². The van der Waals surface area contributed by atoms with E-state index in [0.717, 1.165) is 16.4 Å². The van der Waals surface area contributed by atoms with Crippen molar-refractivity contribution in [3.05, 3.63) is 57.8 Å². The van der Waals surface area contributed by atoms with Crippen molar-refractivity contribution in [1.29, 1.82) is 0 Å². The molecule has 0 unspecified atom stereocenters. The molecule has 1 atom stereocenters. The van der Waals surface area contributed by atoms with Crippen LogP contribution < -0.4 is 0 Å². The number of hydrogen-bond acceptors (Lipinski definition) is 8. The maximum absolute atomic E-state index is 13.3. The van der Waals surface area contributed by atoms with E-state index >= 15 is 0 Å². The number of carbonyl (C=O) groups excluding carboxylic acids is 2. The number of methoxy groups -OCH3 is 1. The van der Waals surface area contributed by atoms with Crippen molar-refractivity contribution in [1.82, 2.24) is 9.80 Å². The van der Waals surface area contributed by atoms with E-state index in [1.54, 1.807) is 7.11 Å². The van der Waals surface area contributed by atoms with E-state index in [-0.39, 0.29) is 18.9 Å². The van der Waals surface area contributed by atoms with Gasteiger partial charge in [-0.3, -0.25) is 4.79 Å². The molecule has 0 radical (unpaired) electrons. The Labute approximate surface area is 211 Å². The minimum Gasteiger partial charge on any atom is -0.460 e. The number of rotatable bonds is 8. The van der Waals surface area contributed by atoms with Crippen LogP contribution in [0.25, 0.3) is 0 Å². The molecule has 8 nitrogen and oxygen atoms in total. The standard InChI is InChI=1S/C26H33N3O5S/c1-17(2)19-5-7-20(8-6-19)24-23(25(31)34-14-13-32-4)18(3)27-26-29(24)21(16-35-26)15-22(30)28-9-11-33-12-10-28/h5-8,16-17,24H,9-15H2,1-4H3/t24-/m1/s1. The van der Waals surface area contributed by atoms with Gasteiger partial charge in [-0.2, -0.15) is 0 Å². The average Bonchev–Trinajstić information content (AvgIpc) is 3.25. The maximum Gasteiger partial charge on any atom is 0.338 e. The topological polar surface area (TPSA) is 80.7 Å². The second-order valence-corrected chi connectivity index (χ2v) is 9.85. The van der Waals surface area contributed by atoms with E-state index in [2.05, 4.69) is 38.1 Å². The molecular weight excluding hydrogens is 466 g/mol. The van der Waals surface area contributed by atoms with Gasteiger partial charge in [-0.15, -0.1) is 0 Å². The van der Waals surface area contributed by atoms with Crippen LogP contribution in [0.5, 0.6) is 0 Å². The molecule has 188 valence electrons. The van der Waals surface area contributed by atoms with Crippen LogP contribution in [0.4, 0.5) is 0 Å². The molecule has 1 amide bonds. The maximum atomic E-state index is 13.3. The highest BCUT2D eigenvalue weighted by atomic mass is 32.2. The SMILES string of the molecule is COCCOC(=O)C1=C(C)N=C2SC=C(CC(=O)N3CCOCC3)N2[C@@H]1c1ccc(C(C)C)cc1. The molecule has 0 saturated carbocycles. The number of allylic oxidation sites excluding steroid dienone is 1. The summed E-state index contributed by atoms with van der Waals surface area (Å²) in [5, 5.41) is 2.73. The highest BCUT2D eigenvalue weighted by Crippen LogP contribution is 2.45. The molecule has 35 heavy (non-hydrogen) atoms. The van der Waals surface area contributed by atoms with E-state index in [0.29, 0.717) is 50.1 Å². The molecule has 4 rings (SSSR count). The zero-order valence-corrected chi connectivity index (χ0v) is 21.6. The molecule has 3 aliphatic rings. The first kappa shape index (κ1) is 25.5. The van der Waals surface area contributed by atoms with Gasteiger partial charge in [-0.25, -0.2) is 9.79 Å². The Hall–Kier alpha value is -2.62. The zero-order chi connectivity index (χ0) is 24.9. The van der Waals surface area contributed by atoms with E-state index in [4.69, 9.17) is 19.2 Å². The third kappa shape index (κ3) is 5.63. The molecule has 0 bridgehead atoms. The number of esters is 1. The van der Waals surface area contributed by atoms with Gasteiger partial charge in [0.15, 0.2) is 5.17 Å². The van der Waals surface area contributed by atoms with Crippen LogP contribution in [-0.2, 0) is 23.8 Å². The van der Waals surface area contributed by atoms with Gasteiger partial charge in [0.2, 0.25) is 5.91 Å². The summed E-state index contributed by atoms with van der Waals surface area (Å²) in [6.07, 6.45) is 0.234. The van der Waals surface area contributed by atoms with Gasteiger partial charge in [-0.1, -0.05) is 49.9 Å². The Bertz CT molecular complexity index is 1040. The molecule has 1 aromatic carbocycles. The van der Waals surface area contributed by atoms with Crippen molar-refractivity contribution < 1.29 is 23.8 Å². The van der Waals surface area contributed by atoms with Crippen molar-refractivity contribution in [3.63, 3.8) is 0 Å². The first-order valence-corrected chi connectivity index (χ1v) is 12.8. The fraction of sp³-hybridized carbons (Fsp3) is 0.500. The summed E-state index contributed by atoms with van der Waals surface area (Å²) in [5.74, 6) is 0.0223. The van der Waals surface area contributed by atoms with Crippen molar-refractivity contribution in [2.75, 3.05) is 46.6 Å². The summed E-state index contributed by atoms with van der Waals surface area (Å²) in [6, 6.07) is 7.88. The second kappa shape index (κ2) is 11.4. The smallest absolute Gasteiger partial charge is 0.338 e. The molecule has 1 fully saturated rings. The van der Waals surface area contributed by atoms with Gasteiger partial charge >= 0.3 is 5.97 Å². The van der Waals surface area contributed by atoms with Crippen LogP contribution in [0.2, 0.25) is 0 Å². The Morgan fingerprint density at radius 3 is 2.54 bits per heavy atom. The largest absolute Gasteiger partial charge is 0.460 e. The van der Waals surface area contributed by atoms with Crippen molar-refractivity contribution >= 4 is 28.8 Å². The van der Waals surface area contributed by atoms with Crippen molar-refractivity contribution in [2.24, 2.45) is 4.99 Å². The van der Waals surface area contributed by atoms with Crippen molar-refractivity contribution in [3.8, 4) is 0 Å². The van der Waals surface area contributed by atoms with E-state index in [9.17, 15) is 9.59 Å². The third-order valence-corrected chi connectivity index (χ3v) is 7.24. The lowest BCUT2D eigenvalue weighted by Gasteiger charge is -2.37. The van der Waals surface area contributed by atoms with Gasteiger partial charge in [0.1, 0.15) is 6.61 Å². The predicted octanol–water partition coefficient (Wildman–Crippen LogP) is 3.82. The third-order valence-electron chi connectivity index (χ3n) is 6.36. The lowest BCUT2D eigenvalue weighted by Crippen LogP contribution is -2.42. The number of benzene rings is 1. The first-order chi connectivity index (χ1) is 16.9. The summed E-state index contributed by atoms with van der Waals surface area (Å²) in [6.45, 7) is 8.92. The van der Waals surface area contributed by atoms with E-state index in [1.165, 1.54) is 17.3 Å². The predicted molar refractivity (Wildman–Crippen MR) is 136 cm³/mol. The molecule has 0 spiro atoms. The quantitative estimate of drug-likeness (QED) is 0.397.